The second-order valence-corrected chi connectivity index (χ2v) is 13.0. The van der Waals surface area contributed by atoms with Crippen molar-refractivity contribution in [3.8, 4) is 0 Å². The number of fused-ring (bicyclic) bond motifs is 2. The standard InChI is InChI=1S/C18H26N2O3Si/c1-18(2,3)24(4,5)23-10-16-19-14-8-11-6-7-15(21)12(11)9-13(14)17(22)20-16/h8-9,15,21H,6-7,10H2,1-5H3,(H,19,20,22)/t15-/m1/s1. The maximum atomic E-state index is 12.4. The topological polar surface area (TPSA) is 75.2 Å². The monoisotopic (exact) mass is 346 g/mol. The van der Waals surface area contributed by atoms with Gasteiger partial charge in [-0.25, -0.2) is 4.98 Å². The lowest BCUT2D eigenvalue weighted by atomic mass is 10.1. The van der Waals surface area contributed by atoms with Gasteiger partial charge in [-0.3, -0.25) is 4.79 Å². The van der Waals surface area contributed by atoms with E-state index < -0.39 is 14.4 Å². The number of aromatic nitrogens is 2. The van der Waals surface area contributed by atoms with Crippen LogP contribution in [0, 0.1) is 0 Å². The summed E-state index contributed by atoms with van der Waals surface area (Å²) in [5.74, 6) is 0.566. The van der Waals surface area contributed by atoms with Gasteiger partial charge in [-0.15, -0.1) is 0 Å². The first kappa shape index (κ1) is 17.3. The Labute approximate surface area is 143 Å². The SMILES string of the molecule is CC(C)(C)[Si](C)(C)OCc1nc2cc3c(cc2c(=O)[nH]1)[C@H](O)CC3. The van der Waals surface area contributed by atoms with Crippen LogP contribution < -0.4 is 5.56 Å². The summed E-state index contributed by atoms with van der Waals surface area (Å²) in [6.45, 7) is 11.2. The highest BCUT2D eigenvalue weighted by Crippen LogP contribution is 2.37. The Morgan fingerprint density at radius 2 is 2.08 bits per heavy atom. The van der Waals surface area contributed by atoms with Crippen LogP contribution in [-0.2, 0) is 17.5 Å². The highest BCUT2D eigenvalue weighted by atomic mass is 28.4. The maximum Gasteiger partial charge on any atom is 0.258 e. The first-order chi connectivity index (χ1) is 11.1. The molecule has 3 rings (SSSR count). The Kier molecular flexibility index (Phi) is 4.18. The zero-order chi connectivity index (χ0) is 17.7. The number of rotatable bonds is 3. The van der Waals surface area contributed by atoms with E-state index in [9.17, 15) is 9.90 Å². The van der Waals surface area contributed by atoms with Gasteiger partial charge in [0.05, 0.1) is 23.6 Å². The number of hydrogen-bond acceptors (Lipinski definition) is 4. The average molecular weight is 347 g/mol. The van der Waals surface area contributed by atoms with Crippen molar-refractivity contribution < 1.29 is 9.53 Å². The lowest BCUT2D eigenvalue weighted by molar-refractivity contribution is 0.180. The van der Waals surface area contributed by atoms with Crippen molar-refractivity contribution in [1.82, 2.24) is 9.97 Å². The van der Waals surface area contributed by atoms with Crippen molar-refractivity contribution in [2.24, 2.45) is 0 Å². The molecule has 0 amide bonds. The van der Waals surface area contributed by atoms with Crippen molar-refractivity contribution in [2.75, 3.05) is 0 Å². The van der Waals surface area contributed by atoms with Crippen LogP contribution in [0.5, 0.6) is 0 Å². The van der Waals surface area contributed by atoms with Gasteiger partial charge in [0.1, 0.15) is 5.82 Å². The van der Waals surface area contributed by atoms with Gasteiger partial charge in [0.25, 0.3) is 5.56 Å². The van der Waals surface area contributed by atoms with E-state index in [1.807, 2.05) is 6.07 Å². The largest absolute Gasteiger partial charge is 0.409 e. The van der Waals surface area contributed by atoms with Gasteiger partial charge in [-0.2, -0.15) is 0 Å². The first-order valence-electron chi connectivity index (χ1n) is 8.46. The maximum absolute atomic E-state index is 12.4. The van der Waals surface area contributed by atoms with Crippen LogP contribution in [0.25, 0.3) is 10.9 Å². The van der Waals surface area contributed by atoms with Gasteiger partial charge in [-0.1, -0.05) is 20.8 Å². The van der Waals surface area contributed by atoms with Gasteiger partial charge in [0.15, 0.2) is 8.32 Å². The number of aryl methyl sites for hydroxylation is 1. The molecule has 5 nitrogen and oxygen atoms in total. The van der Waals surface area contributed by atoms with Crippen molar-refractivity contribution in [3.63, 3.8) is 0 Å². The number of H-pyrrole nitrogens is 1. The average Bonchev–Trinajstić information content (AvgIpc) is 2.83. The molecule has 2 aromatic rings. The van der Waals surface area contributed by atoms with E-state index in [0.717, 1.165) is 17.5 Å². The summed E-state index contributed by atoms with van der Waals surface area (Å²) < 4.78 is 6.16. The van der Waals surface area contributed by atoms with Crippen molar-refractivity contribution >= 4 is 19.2 Å². The molecule has 0 unspecified atom stereocenters. The molecule has 0 spiro atoms. The highest BCUT2D eigenvalue weighted by Gasteiger charge is 2.37. The third-order valence-corrected chi connectivity index (χ3v) is 9.92. The van der Waals surface area contributed by atoms with Gasteiger partial charge in [-0.05, 0) is 54.2 Å². The van der Waals surface area contributed by atoms with Crippen LogP contribution in [-0.4, -0.2) is 23.4 Å². The molecule has 0 saturated carbocycles. The molecule has 0 bridgehead atoms. The van der Waals surface area contributed by atoms with Gasteiger partial charge in [0, 0.05) is 0 Å². The second-order valence-electron chi connectivity index (χ2n) is 8.18. The Morgan fingerprint density at radius 1 is 1.38 bits per heavy atom. The van der Waals surface area contributed by atoms with Gasteiger partial charge >= 0.3 is 0 Å². The van der Waals surface area contributed by atoms with Crippen LogP contribution in [0.2, 0.25) is 18.1 Å². The number of aromatic amines is 1. The molecule has 1 aliphatic carbocycles. The molecule has 1 atom stereocenters. The molecule has 1 aromatic heterocycles. The molecule has 0 saturated heterocycles. The molecule has 0 fully saturated rings. The fraction of sp³-hybridized carbons (Fsp3) is 0.556. The first-order valence-corrected chi connectivity index (χ1v) is 11.4. The van der Waals surface area contributed by atoms with Crippen LogP contribution in [0.1, 0.15) is 50.2 Å². The minimum Gasteiger partial charge on any atom is -0.409 e. The normalized spacial score (nSPS) is 18.2. The Bertz CT molecular complexity index is 836. The predicted octanol–water partition coefficient (Wildman–Crippen LogP) is 3.42. The summed E-state index contributed by atoms with van der Waals surface area (Å²) in [6.07, 6.45) is 1.08. The molecule has 2 N–H and O–H groups in total. The summed E-state index contributed by atoms with van der Waals surface area (Å²) >= 11 is 0. The van der Waals surface area contributed by atoms with Gasteiger partial charge < -0.3 is 14.5 Å². The third-order valence-electron chi connectivity index (χ3n) is 5.44. The number of aliphatic hydroxyl groups excluding tert-OH is 1. The van der Waals surface area contributed by atoms with E-state index in [1.54, 1.807) is 6.07 Å². The quantitative estimate of drug-likeness (QED) is 0.835. The fourth-order valence-corrected chi connectivity index (χ4v) is 3.73. The van der Waals surface area contributed by atoms with Crippen LogP contribution >= 0.6 is 0 Å². The Morgan fingerprint density at radius 3 is 2.75 bits per heavy atom. The fourth-order valence-electron chi connectivity index (χ4n) is 2.80. The van der Waals surface area contributed by atoms with Crippen molar-refractivity contribution in [2.45, 2.75) is 64.5 Å². The minimum atomic E-state index is -1.89. The van der Waals surface area contributed by atoms with Crippen LogP contribution in [0.4, 0.5) is 0 Å². The summed E-state index contributed by atoms with van der Waals surface area (Å²) in [6, 6.07) is 3.72. The molecule has 0 aliphatic heterocycles. The Balaban J connectivity index is 1.93. The lowest BCUT2D eigenvalue weighted by Crippen LogP contribution is -2.40. The van der Waals surface area contributed by atoms with E-state index in [0.29, 0.717) is 29.8 Å². The van der Waals surface area contributed by atoms with E-state index in [-0.39, 0.29) is 10.6 Å². The molecule has 1 aromatic carbocycles. The van der Waals surface area contributed by atoms with Crippen molar-refractivity contribution in [3.05, 3.63) is 39.4 Å². The van der Waals surface area contributed by atoms with E-state index >= 15 is 0 Å². The summed E-state index contributed by atoms with van der Waals surface area (Å²) in [4.78, 5) is 19.8. The van der Waals surface area contributed by atoms with Crippen molar-refractivity contribution in [1.29, 1.82) is 0 Å². The molecule has 0 radical (unpaired) electrons. The minimum absolute atomic E-state index is 0.112. The molecular formula is C18H26N2O3Si. The van der Waals surface area contributed by atoms with Crippen LogP contribution in [0.15, 0.2) is 16.9 Å². The van der Waals surface area contributed by atoms with E-state index in [1.165, 1.54) is 0 Å². The molecule has 24 heavy (non-hydrogen) atoms. The zero-order valence-electron chi connectivity index (χ0n) is 15.1. The highest BCUT2D eigenvalue weighted by molar-refractivity contribution is 6.74. The molecular weight excluding hydrogens is 320 g/mol. The number of nitrogens with one attached hydrogen (secondary N) is 1. The molecule has 1 heterocycles. The molecule has 6 heteroatoms. The number of aliphatic hydroxyl groups is 1. The zero-order valence-corrected chi connectivity index (χ0v) is 16.1. The number of hydrogen-bond donors (Lipinski definition) is 2. The van der Waals surface area contributed by atoms with Crippen LogP contribution in [0.3, 0.4) is 0 Å². The molecule has 1 aliphatic rings. The predicted molar refractivity (Wildman–Crippen MR) is 97.6 cm³/mol. The summed E-state index contributed by atoms with van der Waals surface area (Å²) in [5, 5.41) is 10.6. The second kappa shape index (κ2) is 5.79. The van der Waals surface area contributed by atoms with E-state index in [4.69, 9.17) is 4.43 Å². The third kappa shape index (κ3) is 3.06. The van der Waals surface area contributed by atoms with E-state index in [2.05, 4.69) is 43.8 Å². The summed E-state index contributed by atoms with van der Waals surface area (Å²) in [5.41, 5.74) is 2.46. The number of benzene rings is 1. The smallest absolute Gasteiger partial charge is 0.258 e. The number of nitrogens with zero attached hydrogens (tertiary/aromatic N) is 1. The molecule has 130 valence electrons. The summed E-state index contributed by atoms with van der Waals surface area (Å²) in [7, 11) is -1.89. The lowest BCUT2D eigenvalue weighted by Gasteiger charge is -2.35. The van der Waals surface area contributed by atoms with Gasteiger partial charge in [0.2, 0.25) is 0 Å². The Hall–Kier alpha value is -1.50.